The van der Waals surface area contributed by atoms with Crippen LogP contribution in [0.2, 0.25) is 0 Å². The second-order valence-electron chi connectivity index (χ2n) is 6.21. The van der Waals surface area contributed by atoms with E-state index >= 15 is 0 Å². The molecule has 0 N–H and O–H groups in total. The van der Waals surface area contributed by atoms with Crippen LogP contribution >= 0.6 is 0 Å². The fourth-order valence-electron chi connectivity index (χ4n) is 3.75. The van der Waals surface area contributed by atoms with Gasteiger partial charge >= 0.3 is 155 Å². The summed E-state index contributed by atoms with van der Waals surface area (Å²) in [7, 11) is 0. The minimum atomic E-state index is -3.48. The Kier molecular flexibility index (Phi) is 4.79. The van der Waals surface area contributed by atoms with Crippen molar-refractivity contribution in [1.82, 2.24) is 0 Å². The Labute approximate surface area is 154 Å². The van der Waals surface area contributed by atoms with Crippen molar-refractivity contribution in [2.24, 2.45) is 0 Å². The zero-order valence-electron chi connectivity index (χ0n) is 14.0. The SMILES string of the molecule is c1cc[c]([Pb]([c]2ccccc2)([c]2ccccc2)[c]2ccccc2)cc1. The van der Waals surface area contributed by atoms with E-state index < -0.39 is 21.2 Å². The van der Waals surface area contributed by atoms with Gasteiger partial charge in [-0.25, -0.2) is 0 Å². The Morgan fingerprint density at radius 1 is 0.280 bits per heavy atom. The van der Waals surface area contributed by atoms with Gasteiger partial charge in [0.25, 0.3) is 0 Å². The van der Waals surface area contributed by atoms with Crippen molar-refractivity contribution < 1.29 is 0 Å². The summed E-state index contributed by atoms with van der Waals surface area (Å²) in [5.41, 5.74) is 0. The Morgan fingerprint density at radius 3 is 0.680 bits per heavy atom. The Morgan fingerprint density at radius 2 is 0.480 bits per heavy atom. The molecule has 0 nitrogen and oxygen atoms in total. The van der Waals surface area contributed by atoms with Crippen molar-refractivity contribution in [3.63, 3.8) is 0 Å². The third-order valence-electron chi connectivity index (χ3n) is 4.83. The van der Waals surface area contributed by atoms with E-state index in [2.05, 4.69) is 121 Å². The zero-order chi connectivity index (χ0) is 17.0. The number of hydrogen-bond donors (Lipinski definition) is 0. The molecule has 0 atom stereocenters. The predicted molar refractivity (Wildman–Crippen MR) is 110 cm³/mol. The van der Waals surface area contributed by atoms with Crippen LogP contribution in [-0.4, -0.2) is 21.2 Å². The number of benzene rings is 4. The normalized spacial score (nSPS) is 11.2. The molecule has 0 saturated carbocycles. The summed E-state index contributed by atoms with van der Waals surface area (Å²) in [6, 6.07) is 44.5. The molecule has 0 aliphatic carbocycles. The van der Waals surface area contributed by atoms with E-state index in [0.29, 0.717) is 0 Å². The van der Waals surface area contributed by atoms with Crippen LogP contribution < -0.4 is 12.5 Å². The van der Waals surface area contributed by atoms with Gasteiger partial charge in [-0.15, -0.1) is 0 Å². The van der Waals surface area contributed by atoms with E-state index in [4.69, 9.17) is 0 Å². The molecule has 25 heavy (non-hydrogen) atoms. The first-order valence-electron chi connectivity index (χ1n) is 8.64. The summed E-state index contributed by atoms with van der Waals surface area (Å²) >= 11 is -3.48. The Hall–Kier alpha value is -2.20. The van der Waals surface area contributed by atoms with E-state index in [1.54, 1.807) is 0 Å². The number of rotatable bonds is 4. The molecule has 4 rings (SSSR count). The van der Waals surface area contributed by atoms with Gasteiger partial charge in [0.1, 0.15) is 0 Å². The minimum absolute atomic E-state index is 1.50. The molecule has 0 aromatic heterocycles. The molecule has 120 valence electrons. The van der Waals surface area contributed by atoms with Crippen LogP contribution in [-0.2, 0) is 0 Å². The van der Waals surface area contributed by atoms with E-state index in [0.717, 1.165) is 0 Å². The molecule has 4 aromatic carbocycles. The van der Waals surface area contributed by atoms with Gasteiger partial charge in [-0.2, -0.15) is 0 Å². The van der Waals surface area contributed by atoms with Gasteiger partial charge in [-0.05, 0) is 0 Å². The molecule has 0 heterocycles. The number of hydrogen-bond acceptors (Lipinski definition) is 0. The van der Waals surface area contributed by atoms with Gasteiger partial charge in [0, 0.05) is 0 Å². The van der Waals surface area contributed by atoms with Crippen LogP contribution in [0.15, 0.2) is 121 Å². The summed E-state index contributed by atoms with van der Waals surface area (Å²) in [6.45, 7) is 0. The van der Waals surface area contributed by atoms with E-state index in [-0.39, 0.29) is 0 Å². The second-order valence-corrected chi connectivity index (χ2v) is 21.0. The monoisotopic (exact) mass is 516 g/mol. The molecule has 0 aliphatic heterocycles. The van der Waals surface area contributed by atoms with Crippen molar-refractivity contribution in [3.05, 3.63) is 121 Å². The predicted octanol–water partition coefficient (Wildman–Crippen LogP) is 3.06. The van der Waals surface area contributed by atoms with Gasteiger partial charge in [-0.1, -0.05) is 0 Å². The molecule has 1 heteroatoms. The van der Waals surface area contributed by atoms with Crippen LogP contribution in [0.25, 0.3) is 0 Å². The summed E-state index contributed by atoms with van der Waals surface area (Å²) in [5.74, 6) is 0. The quantitative estimate of drug-likeness (QED) is 0.367. The molecule has 0 bridgehead atoms. The van der Waals surface area contributed by atoms with Crippen LogP contribution in [0.5, 0.6) is 0 Å². The first-order valence-corrected chi connectivity index (χ1v) is 16.4. The van der Waals surface area contributed by atoms with Gasteiger partial charge in [0.2, 0.25) is 0 Å². The van der Waals surface area contributed by atoms with Crippen LogP contribution in [0, 0.1) is 0 Å². The molecular formula is C24H20Pb. The third-order valence-corrected chi connectivity index (χ3v) is 23.5. The standard InChI is InChI=1S/4C6H5.Pb/c4*1-2-4-6-5-3-1;/h4*1-5H;. The maximum absolute atomic E-state index is 3.48. The first kappa shape index (κ1) is 16.3. The average Bonchev–Trinajstić information content (AvgIpc) is 2.72. The van der Waals surface area contributed by atoms with Crippen molar-refractivity contribution in [1.29, 1.82) is 0 Å². The van der Waals surface area contributed by atoms with Gasteiger partial charge in [0.05, 0.1) is 0 Å². The molecule has 4 aromatic rings. The topological polar surface area (TPSA) is 0 Å². The van der Waals surface area contributed by atoms with Crippen LogP contribution in [0.4, 0.5) is 0 Å². The van der Waals surface area contributed by atoms with Crippen molar-refractivity contribution in [2.45, 2.75) is 0 Å². The van der Waals surface area contributed by atoms with Gasteiger partial charge in [0.15, 0.2) is 0 Å². The van der Waals surface area contributed by atoms with E-state index in [9.17, 15) is 0 Å². The first-order chi connectivity index (χ1) is 12.4. The Balaban J connectivity index is 2.13. The Bertz CT molecular complexity index is 753. The molecule has 0 saturated heterocycles. The van der Waals surface area contributed by atoms with Crippen molar-refractivity contribution in [2.75, 3.05) is 0 Å². The molecule has 0 radical (unpaired) electrons. The molecule has 0 aliphatic rings. The van der Waals surface area contributed by atoms with Crippen LogP contribution in [0.1, 0.15) is 0 Å². The zero-order valence-corrected chi connectivity index (χ0v) is 17.9. The average molecular weight is 516 g/mol. The fourth-order valence-corrected chi connectivity index (χ4v) is 22.3. The summed E-state index contributed by atoms with van der Waals surface area (Å²) in [4.78, 5) is 0. The maximum atomic E-state index is 2.33. The third kappa shape index (κ3) is 2.95. The second kappa shape index (κ2) is 7.36. The van der Waals surface area contributed by atoms with Crippen LogP contribution in [0.3, 0.4) is 0 Å². The molecule has 0 spiro atoms. The van der Waals surface area contributed by atoms with E-state index in [1.165, 1.54) is 12.5 Å². The molecular weight excluding hydrogens is 495 g/mol. The van der Waals surface area contributed by atoms with Crippen molar-refractivity contribution in [3.8, 4) is 0 Å². The van der Waals surface area contributed by atoms with Gasteiger partial charge in [-0.3, -0.25) is 0 Å². The summed E-state index contributed by atoms with van der Waals surface area (Å²) in [5, 5.41) is 0. The van der Waals surface area contributed by atoms with Gasteiger partial charge < -0.3 is 0 Å². The molecule has 0 fully saturated rings. The van der Waals surface area contributed by atoms with E-state index in [1.807, 2.05) is 0 Å². The fraction of sp³-hybridized carbons (Fsp3) is 0. The summed E-state index contributed by atoms with van der Waals surface area (Å²) < 4.78 is 5.99. The summed E-state index contributed by atoms with van der Waals surface area (Å²) in [6.07, 6.45) is 0. The molecule has 0 unspecified atom stereocenters. The molecule has 0 amide bonds. The van der Waals surface area contributed by atoms with Crippen molar-refractivity contribution >= 4 is 33.7 Å².